The minimum absolute atomic E-state index is 0.158. The molecule has 2 aliphatic heterocycles. The van der Waals surface area contributed by atoms with Crippen LogP contribution in [0.15, 0.2) is 16.8 Å². The number of hydrogen-bond donors (Lipinski definition) is 2. The lowest BCUT2D eigenvalue weighted by molar-refractivity contribution is -0.120. The normalized spacial score (nSPS) is 28.8. The molecule has 58 valence electrons. The van der Waals surface area contributed by atoms with Gasteiger partial charge in [-0.3, -0.25) is 9.79 Å². The van der Waals surface area contributed by atoms with Crippen LogP contribution < -0.4 is 11.1 Å². The number of nitrogens with two attached hydrogens (primary N) is 1. The highest BCUT2D eigenvalue weighted by Gasteiger charge is 2.28. The van der Waals surface area contributed by atoms with Crippen LogP contribution in [0.25, 0.3) is 0 Å². The second kappa shape index (κ2) is 2.17. The Hall–Kier alpha value is -1.16. The molecular weight excluding hydrogens is 142 g/mol. The van der Waals surface area contributed by atoms with Crippen LogP contribution in [-0.2, 0) is 4.79 Å². The number of nitrogens with one attached hydrogen (secondary N) is 1. The third-order valence-corrected chi connectivity index (χ3v) is 1.96. The molecular formula is C7H9N3O. The summed E-state index contributed by atoms with van der Waals surface area (Å²) in [5.41, 5.74) is 7.43. The summed E-state index contributed by atoms with van der Waals surface area (Å²) in [6.45, 7) is 0.768. The second-order valence-corrected chi connectivity index (χ2v) is 2.67. The number of amides is 1. The molecule has 0 aromatic heterocycles. The molecule has 2 rings (SSSR count). The number of rotatable bonds is 0. The van der Waals surface area contributed by atoms with Crippen molar-refractivity contribution in [1.82, 2.24) is 5.32 Å². The van der Waals surface area contributed by atoms with Gasteiger partial charge in [-0.15, -0.1) is 0 Å². The van der Waals surface area contributed by atoms with Crippen molar-refractivity contribution in [3.63, 3.8) is 0 Å². The lowest BCUT2D eigenvalue weighted by Gasteiger charge is -2.16. The Bertz CT molecular complexity index is 267. The minimum Gasteiger partial charge on any atom is -0.331 e. The maximum absolute atomic E-state index is 11.0. The highest BCUT2D eigenvalue weighted by molar-refractivity contribution is 6.19. The first-order chi connectivity index (χ1) is 5.29. The fourth-order valence-electron chi connectivity index (χ4n) is 1.34. The number of nitrogens with zero attached hydrogens (tertiary/aromatic N) is 1. The van der Waals surface area contributed by atoms with E-state index in [1.165, 1.54) is 0 Å². The van der Waals surface area contributed by atoms with Crippen LogP contribution in [0.2, 0.25) is 0 Å². The minimum atomic E-state index is -0.544. The summed E-state index contributed by atoms with van der Waals surface area (Å²) in [6.07, 6.45) is 2.61. The summed E-state index contributed by atoms with van der Waals surface area (Å²) in [5, 5.41) is 2.60. The van der Waals surface area contributed by atoms with Crippen molar-refractivity contribution in [3.05, 3.63) is 11.8 Å². The molecule has 4 nitrogen and oxygen atoms in total. The molecule has 1 atom stereocenters. The van der Waals surface area contributed by atoms with Crippen LogP contribution in [-0.4, -0.2) is 24.2 Å². The predicted octanol–water partition coefficient (Wildman–Crippen LogP) is -0.828. The van der Waals surface area contributed by atoms with E-state index in [0.717, 1.165) is 24.3 Å². The molecule has 11 heavy (non-hydrogen) atoms. The first-order valence-electron chi connectivity index (χ1n) is 3.59. The molecule has 0 aromatic carbocycles. The van der Waals surface area contributed by atoms with E-state index >= 15 is 0 Å². The topological polar surface area (TPSA) is 67.5 Å². The largest absolute Gasteiger partial charge is 0.331 e. The summed E-state index contributed by atoms with van der Waals surface area (Å²) >= 11 is 0. The van der Waals surface area contributed by atoms with Gasteiger partial charge in [0.15, 0.2) is 0 Å². The third-order valence-electron chi connectivity index (χ3n) is 1.96. The van der Waals surface area contributed by atoms with Crippen LogP contribution in [0.4, 0.5) is 0 Å². The quantitative estimate of drug-likeness (QED) is 0.474. The van der Waals surface area contributed by atoms with Gasteiger partial charge in [0.05, 0.1) is 5.71 Å². The van der Waals surface area contributed by atoms with Crippen molar-refractivity contribution < 1.29 is 4.79 Å². The van der Waals surface area contributed by atoms with E-state index < -0.39 is 6.04 Å². The Balaban J connectivity index is 2.39. The van der Waals surface area contributed by atoms with Gasteiger partial charge in [0.1, 0.15) is 6.04 Å². The van der Waals surface area contributed by atoms with Gasteiger partial charge in [0, 0.05) is 12.7 Å². The van der Waals surface area contributed by atoms with E-state index in [1.54, 1.807) is 6.20 Å². The Morgan fingerprint density at radius 2 is 2.55 bits per heavy atom. The molecule has 0 aliphatic carbocycles. The third kappa shape index (κ3) is 0.867. The van der Waals surface area contributed by atoms with Gasteiger partial charge < -0.3 is 11.1 Å². The molecule has 0 fully saturated rings. The van der Waals surface area contributed by atoms with E-state index in [-0.39, 0.29) is 5.91 Å². The number of carbonyl (C=O) groups excluding carboxylic acids is 1. The Morgan fingerprint density at radius 3 is 3.36 bits per heavy atom. The highest BCUT2D eigenvalue weighted by atomic mass is 16.2. The first-order valence-corrected chi connectivity index (χ1v) is 3.59. The Kier molecular flexibility index (Phi) is 1.29. The molecule has 1 unspecified atom stereocenters. The SMILES string of the molecule is NC1C(=O)NC=C2CCN=C21. The summed E-state index contributed by atoms with van der Waals surface area (Å²) in [7, 11) is 0. The Morgan fingerprint density at radius 1 is 1.73 bits per heavy atom. The zero-order valence-corrected chi connectivity index (χ0v) is 6.00. The van der Waals surface area contributed by atoms with Crippen LogP contribution in [0, 0.1) is 0 Å². The number of carbonyl (C=O) groups is 1. The fraction of sp³-hybridized carbons (Fsp3) is 0.429. The molecule has 0 spiro atoms. The lowest BCUT2D eigenvalue weighted by atomic mass is 10.0. The average molecular weight is 151 g/mol. The molecule has 2 heterocycles. The zero-order chi connectivity index (χ0) is 7.84. The van der Waals surface area contributed by atoms with E-state index in [4.69, 9.17) is 5.73 Å². The fourth-order valence-corrected chi connectivity index (χ4v) is 1.34. The van der Waals surface area contributed by atoms with Crippen molar-refractivity contribution >= 4 is 11.6 Å². The smallest absolute Gasteiger partial charge is 0.247 e. The molecule has 1 amide bonds. The van der Waals surface area contributed by atoms with Crippen LogP contribution in [0.3, 0.4) is 0 Å². The molecule has 4 heteroatoms. The number of hydrogen-bond acceptors (Lipinski definition) is 3. The van der Waals surface area contributed by atoms with Gasteiger partial charge in [-0.1, -0.05) is 0 Å². The highest BCUT2D eigenvalue weighted by Crippen LogP contribution is 2.16. The summed E-state index contributed by atoms with van der Waals surface area (Å²) in [4.78, 5) is 15.1. The molecule has 0 saturated heterocycles. The summed E-state index contributed by atoms with van der Waals surface area (Å²) in [5.74, 6) is -0.158. The van der Waals surface area contributed by atoms with Gasteiger partial charge in [-0.2, -0.15) is 0 Å². The molecule has 0 bridgehead atoms. The monoisotopic (exact) mass is 151 g/mol. The van der Waals surface area contributed by atoms with E-state index in [1.807, 2.05) is 0 Å². The van der Waals surface area contributed by atoms with Crippen LogP contribution in [0.1, 0.15) is 6.42 Å². The van der Waals surface area contributed by atoms with E-state index in [9.17, 15) is 4.79 Å². The van der Waals surface area contributed by atoms with Crippen molar-refractivity contribution in [2.75, 3.05) is 6.54 Å². The van der Waals surface area contributed by atoms with Gasteiger partial charge >= 0.3 is 0 Å². The molecule has 0 aromatic rings. The maximum atomic E-state index is 11.0. The van der Waals surface area contributed by atoms with Crippen molar-refractivity contribution in [1.29, 1.82) is 0 Å². The van der Waals surface area contributed by atoms with Crippen LogP contribution >= 0.6 is 0 Å². The predicted molar refractivity (Wildman–Crippen MR) is 41.1 cm³/mol. The molecule has 3 N–H and O–H groups in total. The van der Waals surface area contributed by atoms with Gasteiger partial charge in [0.25, 0.3) is 0 Å². The molecule has 0 radical (unpaired) electrons. The maximum Gasteiger partial charge on any atom is 0.247 e. The summed E-state index contributed by atoms with van der Waals surface area (Å²) in [6, 6.07) is -0.544. The summed E-state index contributed by atoms with van der Waals surface area (Å²) < 4.78 is 0. The van der Waals surface area contributed by atoms with Crippen LogP contribution in [0.5, 0.6) is 0 Å². The zero-order valence-electron chi connectivity index (χ0n) is 6.00. The first kappa shape index (κ1) is 6.54. The molecule has 2 aliphatic rings. The van der Waals surface area contributed by atoms with Crippen molar-refractivity contribution in [2.24, 2.45) is 10.7 Å². The lowest BCUT2D eigenvalue weighted by Crippen LogP contribution is -2.47. The van der Waals surface area contributed by atoms with Crippen molar-refractivity contribution in [2.45, 2.75) is 12.5 Å². The second-order valence-electron chi connectivity index (χ2n) is 2.67. The van der Waals surface area contributed by atoms with Gasteiger partial charge in [0.2, 0.25) is 5.91 Å². The standard InChI is InChI=1S/C7H9N3O/c8-5-6-4(1-2-9-6)3-10-7(5)11/h3,5H,1-2,8H2,(H,10,11). The average Bonchev–Trinajstić information content (AvgIpc) is 2.45. The van der Waals surface area contributed by atoms with E-state index in [0.29, 0.717) is 0 Å². The molecule has 0 saturated carbocycles. The van der Waals surface area contributed by atoms with Crippen molar-refractivity contribution in [3.8, 4) is 0 Å². The number of aliphatic imine (C=N–C) groups is 1. The van der Waals surface area contributed by atoms with E-state index in [2.05, 4.69) is 10.3 Å². The van der Waals surface area contributed by atoms with Gasteiger partial charge in [-0.05, 0) is 12.0 Å². The Labute approximate surface area is 64.2 Å². The number of fused-ring (bicyclic) bond motifs is 1. The van der Waals surface area contributed by atoms with Gasteiger partial charge in [-0.25, -0.2) is 0 Å².